The van der Waals surface area contributed by atoms with E-state index >= 15 is 0 Å². The van der Waals surface area contributed by atoms with Crippen LogP contribution in [0.15, 0.2) is 58.3 Å². The third kappa shape index (κ3) is 5.20. The Kier molecular flexibility index (Phi) is 6.92. The lowest BCUT2D eigenvalue weighted by Crippen LogP contribution is -2.47. The van der Waals surface area contributed by atoms with Crippen molar-refractivity contribution in [2.24, 2.45) is 0 Å². The fourth-order valence-corrected chi connectivity index (χ4v) is 5.86. The van der Waals surface area contributed by atoms with Gasteiger partial charge in [-0.3, -0.25) is 4.98 Å². The van der Waals surface area contributed by atoms with E-state index in [1.54, 1.807) is 24.1 Å². The number of benzene rings is 1. The van der Waals surface area contributed by atoms with Crippen molar-refractivity contribution in [1.82, 2.24) is 14.2 Å². The van der Waals surface area contributed by atoms with Crippen molar-refractivity contribution in [3.05, 3.63) is 65.7 Å². The highest BCUT2D eigenvalue weighted by Gasteiger charge is 2.28. The highest BCUT2D eigenvalue weighted by atomic mass is 32.2. The summed E-state index contributed by atoms with van der Waals surface area (Å²) in [5.41, 5.74) is 1.21. The number of aromatic nitrogens is 1. The second kappa shape index (κ2) is 9.85. The van der Waals surface area contributed by atoms with E-state index in [9.17, 15) is 17.8 Å². The first-order chi connectivity index (χ1) is 15.4. The fraction of sp³-hybridized carbons (Fsp3) is 0.273. The van der Waals surface area contributed by atoms with E-state index in [1.165, 1.54) is 29.7 Å². The Hall–Kier alpha value is -2.69. The predicted molar refractivity (Wildman–Crippen MR) is 122 cm³/mol. The summed E-state index contributed by atoms with van der Waals surface area (Å²) >= 11 is 1.48. The molecule has 1 aliphatic heterocycles. The first-order valence-electron chi connectivity index (χ1n) is 10.1. The van der Waals surface area contributed by atoms with Gasteiger partial charge in [0.05, 0.1) is 17.6 Å². The van der Waals surface area contributed by atoms with Crippen molar-refractivity contribution >= 4 is 34.0 Å². The van der Waals surface area contributed by atoms with Crippen LogP contribution in [0, 0.1) is 11.6 Å². The van der Waals surface area contributed by atoms with Crippen LogP contribution in [-0.4, -0.2) is 50.6 Å². The fourth-order valence-electron chi connectivity index (χ4n) is 3.60. The first kappa shape index (κ1) is 22.5. The Morgan fingerprint density at radius 3 is 2.50 bits per heavy atom. The number of carbonyl (C=O) groups is 1. The molecule has 168 valence electrons. The lowest BCUT2D eigenvalue weighted by Gasteiger charge is -2.35. The van der Waals surface area contributed by atoms with Gasteiger partial charge in [-0.1, -0.05) is 6.07 Å². The summed E-state index contributed by atoms with van der Waals surface area (Å²) in [5, 5.41) is 4.71. The number of urea groups is 1. The van der Waals surface area contributed by atoms with Gasteiger partial charge in [0.25, 0.3) is 0 Å². The standard InChI is InChI=1S/C22H22F2N4O2S2/c1-27(19-6-8-28(9-7-19)32(30)21-3-2-10-31-21)22(29)26-18-4-5-20(25-14-18)15-11-16(23)13-17(24)12-15/h2-5,10-14,19H,6-9H2,1H3,(H,26,29). The Morgan fingerprint density at radius 1 is 1.19 bits per heavy atom. The van der Waals surface area contributed by atoms with Crippen LogP contribution in [0.3, 0.4) is 0 Å². The number of nitrogens with zero attached hydrogens (tertiary/aromatic N) is 3. The molecule has 2 aromatic heterocycles. The number of hydrogen-bond donors (Lipinski definition) is 1. The topological polar surface area (TPSA) is 65.5 Å². The zero-order valence-corrected chi connectivity index (χ0v) is 19.0. The van der Waals surface area contributed by atoms with Crippen molar-refractivity contribution in [1.29, 1.82) is 0 Å². The van der Waals surface area contributed by atoms with Gasteiger partial charge in [-0.05, 0) is 48.6 Å². The largest absolute Gasteiger partial charge is 0.325 e. The molecule has 1 fully saturated rings. The molecule has 3 aromatic rings. The van der Waals surface area contributed by atoms with Crippen LogP contribution in [0.4, 0.5) is 19.3 Å². The van der Waals surface area contributed by atoms with Gasteiger partial charge in [-0.2, -0.15) is 0 Å². The third-order valence-electron chi connectivity index (χ3n) is 5.37. The molecule has 0 bridgehead atoms. The van der Waals surface area contributed by atoms with E-state index in [2.05, 4.69) is 10.3 Å². The summed E-state index contributed by atoms with van der Waals surface area (Å²) in [6.45, 7) is 1.29. The zero-order chi connectivity index (χ0) is 22.7. The molecule has 1 N–H and O–H groups in total. The van der Waals surface area contributed by atoms with Crippen molar-refractivity contribution in [3.63, 3.8) is 0 Å². The summed E-state index contributed by atoms with van der Waals surface area (Å²) < 4.78 is 42.2. The SMILES string of the molecule is CN(C(=O)Nc1ccc(-c2cc(F)cc(F)c2)nc1)C1CCN(S(=O)c2cccs2)CC1. The zero-order valence-electron chi connectivity index (χ0n) is 17.3. The predicted octanol–water partition coefficient (Wildman–Crippen LogP) is 4.74. The van der Waals surface area contributed by atoms with Crippen LogP contribution in [0.25, 0.3) is 11.3 Å². The van der Waals surface area contributed by atoms with Crippen LogP contribution in [0.2, 0.25) is 0 Å². The average Bonchev–Trinajstić information content (AvgIpc) is 3.33. The van der Waals surface area contributed by atoms with Gasteiger partial charge in [0, 0.05) is 37.8 Å². The van der Waals surface area contributed by atoms with Crippen LogP contribution < -0.4 is 5.32 Å². The number of anilines is 1. The van der Waals surface area contributed by atoms with Crippen molar-refractivity contribution in [3.8, 4) is 11.3 Å². The minimum absolute atomic E-state index is 0.0362. The van der Waals surface area contributed by atoms with Crippen molar-refractivity contribution in [2.45, 2.75) is 23.1 Å². The van der Waals surface area contributed by atoms with Crippen molar-refractivity contribution in [2.75, 3.05) is 25.5 Å². The van der Waals surface area contributed by atoms with Crippen LogP contribution in [0.1, 0.15) is 12.8 Å². The number of amides is 2. The number of halogens is 2. The summed E-state index contributed by atoms with van der Waals surface area (Å²) in [5.74, 6) is -1.35. The highest BCUT2D eigenvalue weighted by molar-refractivity contribution is 7.85. The summed E-state index contributed by atoms with van der Waals surface area (Å²) in [6, 6.07) is 9.98. The molecule has 1 aliphatic rings. The lowest BCUT2D eigenvalue weighted by molar-refractivity contribution is 0.175. The molecule has 0 aliphatic carbocycles. The van der Waals surface area contributed by atoms with E-state index in [-0.39, 0.29) is 12.1 Å². The molecule has 2 amide bonds. The Morgan fingerprint density at radius 2 is 1.91 bits per heavy atom. The van der Waals surface area contributed by atoms with Crippen LogP contribution >= 0.6 is 11.3 Å². The number of hydrogen-bond acceptors (Lipinski definition) is 4. The maximum atomic E-state index is 13.4. The third-order valence-corrected chi connectivity index (χ3v) is 8.06. The van der Waals surface area contributed by atoms with Gasteiger partial charge in [-0.15, -0.1) is 11.3 Å². The minimum atomic E-state index is -1.15. The van der Waals surface area contributed by atoms with Crippen molar-refractivity contribution < 1.29 is 17.8 Å². The molecule has 0 saturated carbocycles. The van der Waals surface area contributed by atoms with Gasteiger partial charge in [0.2, 0.25) is 0 Å². The second-order valence-electron chi connectivity index (χ2n) is 7.47. The van der Waals surface area contributed by atoms with E-state index in [1.807, 2.05) is 21.8 Å². The number of pyridine rings is 1. The monoisotopic (exact) mass is 476 g/mol. The molecule has 1 unspecified atom stereocenters. The lowest BCUT2D eigenvalue weighted by atomic mass is 10.1. The number of thiophene rings is 1. The van der Waals surface area contributed by atoms with Gasteiger partial charge >= 0.3 is 6.03 Å². The van der Waals surface area contributed by atoms with E-state index in [4.69, 9.17) is 0 Å². The van der Waals surface area contributed by atoms with Gasteiger partial charge < -0.3 is 10.2 Å². The summed E-state index contributed by atoms with van der Waals surface area (Å²) in [6.07, 6.45) is 2.91. The second-order valence-corrected chi connectivity index (χ2v) is 10.1. The number of piperidine rings is 1. The maximum Gasteiger partial charge on any atom is 0.321 e. The van der Waals surface area contributed by atoms with Gasteiger partial charge in [-0.25, -0.2) is 22.1 Å². The molecular weight excluding hydrogens is 454 g/mol. The van der Waals surface area contributed by atoms with Crippen LogP contribution in [-0.2, 0) is 11.0 Å². The Balaban J connectivity index is 1.32. The molecule has 4 rings (SSSR count). The summed E-state index contributed by atoms with van der Waals surface area (Å²) in [7, 11) is 0.587. The Labute approximate surface area is 191 Å². The molecule has 0 radical (unpaired) electrons. The number of carbonyl (C=O) groups excluding carboxylic acids is 1. The highest BCUT2D eigenvalue weighted by Crippen LogP contribution is 2.24. The molecule has 32 heavy (non-hydrogen) atoms. The molecule has 6 nitrogen and oxygen atoms in total. The normalized spacial score (nSPS) is 16.0. The van der Waals surface area contributed by atoms with Crippen LogP contribution in [0.5, 0.6) is 0 Å². The molecule has 1 aromatic carbocycles. The summed E-state index contributed by atoms with van der Waals surface area (Å²) in [4.78, 5) is 18.5. The molecule has 10 heteroatoms. The molecule has 0 spiro atoms. The van der Waals surface area contributed by atoms with E-state index < -0.39 is 22.6 Å². The number of rotatable bonds is 5. The van der Waals surface area contributed by atoms with Gasteiger partial charge in [0.1, 0.15) is 26.8 Å². The smallest absolute Gasteiger partial charge is 0.321 e. The molecule has 1 saturated heterocycles. The molecular formula is C22H22F2N4O2S2. The van der Waals surface area contributed by atoms with E-state index in [0.29, 0.717) is 30.0 Å². The van der Waals surface area contributed by atoms with E-state index in [0.717, 1.165) is 23.1 Å². The average molecular weight is 477 g/mol. The minimum Gasteiger partial charge on any atom is -0.325 e. The first-order valence-corrected chi connectivity index (χ1v) is 12.1. The van der Waals surface area contributed by atoms with Gasteiger partial charge in [0.15, 0.2) is 0 Å². The Bertz CT molecular complexity index is 1080. The maximum absolute atomic E-state index is 13.4. The number of nitrogens with one attached hydrogen (secondary N) is 1. The quantitative estimate of drug-likeness (QED) is 0.579. The molecule has 3 heterocycles. The molecule has 1 atom stereocenters.